The third-order valence-electron chi connectivity index (χ3n) is 4.06. The molecule has 0 atom stereocenters. The van der Waals surface area contributed by atoms with Crippen LogP contribution in [-0.4, -0.2) is 5.11 Å². The fraction of sp³-hybridized carbons (Fsp3) is 0.182. The molecular formula is C22H22O2. The molecule has 3 aromatic carbocycles. The number of ether oxygens (including phenoxy) is 1. The monoisotopic (exact) mass is 318 g/mol. The highest BCUT2D eigenvalue weighted by molar-refractivity contribution is 5.66. The largest absolute Gasteiger partial charge is 0.489 e. The zero-order valence-electron chi connectivity index (χ0n) is 13.9. The van der Waals surface area contributed by atoms with E-state index in [0.717, 1.165) is 34.4 Å². The molecule has 3 aromatic rings. The lowest BCUT2D eigenvalue weighted by Gasteiger charge is -2.11. The van der Waals surface area contributed by atoms with Gasteiger partial charge in [-0.25, -0.2) is 0 Å². The summed E-state index contributed by atoms with van der Waals surface area (Å²) in [6, 6.07) is 24.5. The molecule has 1 N–H and O–H groups in total. The molecule has 0 unspecified atom stereocenters. The predicted molar refractivity (Wildman–Crippen MR) is 98.0 cm³/mol. The maximum absolute atomic E-state index is 9.47. The summed E-state index contributed by atoms with van der Waals surface area (Å²) in [4.78, 5) is 0. The van der Waals surface area contributed by atoms with Crippen molar-refractivity contribution in [3.8, 4) is 16.9 Å². The third kappa shape index (κ3) is 4.03. The molecular weight excluding hydrogens is 296 g/mol. The summed E-state index contributed by atoms with van der Waals surface area (Å²) in [5.41, 5.74) is 5.54. The zero-order valence-corrected chi connectivity index (χ0v) is 13.9. The van der Waals surface area contributed by atoms with Crippen LogP contribution in [0.15, 0.2) is 72.8 Å². The van der Waals surface area contributed by atoms with Crippen molar-refractivity contribution < 1.29 is 9.84 Å². The van der Waals surface area contributed by atoms with Crippen molar-refractivity contribution in [2.75, 3.05) is 0 Å². The van der Waals surface area contributed by atoms with Crippen LogP contribution in [0.4, 0.5) is 0 Å². The van der Waals surface area contributed by atoms with E-state index in [2.05, 4.69) is 43.3 Å². The lowest BCUT2D eigenvalue weighted by molar-refractivity contribution is 0.282. The highest BCUT2D eigenvalue weighted by atomic mass is 16.5. The van der Waals surface area contributed by atoms with Gasteiger partial charge in [-0.3, -0.25) is 0 Å². The SMILES string of the molecule is CCc1cc(CO)cc(-c2cccc(OCc3ccccc3)c2)c1. The molecule has 0 saturated carbocycles. The van der Waals surface area contributed by atoms with E-state index < -0.39 is 0 Å². The Bertz CT molecular complexity index is 772. The Kier molecular flexibility index (Phi) is 5.29. The van der Waals surface area contributed by atoms with Gasteiger partial charge < -0.3 is 9.84 Å². The normalized spacial score (nSPS) is 10.6. The molecule has 0 saturated heterocycles. The molecule has 0 amide bonds. The molecule has 0 aromatic heterocycles. The second-order valence-corrected chi connectivity index (χ2v) is 5.85. The predicted octanol–water partition coefficient (Wildman–Crippen LogP) is 4.99. The molecule has 0 radical (unpaired) electrons. The number of aliphatic hydroxyl groups excluding tert-OH is 1. The fourth-order valence-corrected chi connectivity index (χ4v) is 2.73. The summed E-state index contributed by atoms with van der Waals surface area (Å²) in [6.45, 7) is 2.74. The minimum Gasteiger partial charge on any atom is -0.489 e. The topological polar surface area (TPSA) is 29.5 Å². The highest BCUT2D eigenvalue weighted by Crippen LogP contribution is 2.27. The van der Waals surface area contributed by atoms with Crippen molar-refractivity contribution in [2.45, 2.75) is 26.6 Å². The van der Waals surface area contributed by atoms with Gasteiger partial charge in [0, 0.05) is 0 Å². The third-order valence-corrected chi connectivity index (χ3v) is 4.06. The Balaban J connectivity index is 1.82. The molecule has 0 spiro atoms. The summed E-state index contributed by atoms with van der Waals surface area (Å²) in [5, 5.41) is 9.47. The van der Waals surface area contributed by atoms with Crippen LogP contribution < -0.4 is 4.74 Å². The van der Waals surface area contributed by atoms with Gasteiger partial charge in [0.05, 0.1) is 6.61 Å². The molecule has 0 heterocycles. The van der Waals surface area contributed by atoms with Crippen LogP contribution in [0, 0.1) is 0 Å². The first-order chi connectivity index (χ1) is 11.8. The van der Waals surface area contributed by atoms with E-state index in [1.807, 2.05) is 36.4 Å². The summed E-state index contributed by atoms with van der Waals surface area (Å²) >= 11 is 0. The standard InChI is InChI=1S/C22H22O2/c1-2-17-11-19(15-23)13-21(12-17)20-9-6-10-22(14-20)24-16-18-7-4-3-5-8-18/h3-14,23H,2,15-16H2,1H3. The van der Waals surface area contributed by atoms with Gasteiger partial charge in [0.2, 0.25) is 0 Å². The van der Waals surface area contributed by atoms with E-state index in [1.54, 1.807) is 0 Å². The highest BCUT2D eigenvalue weighted by Gasteiger charge is 2.04. The number of hydrogen-bond donors (Lipinski definition) is 1. The first-order valence-corrected chi connectivity index (χ1v) is 8.29. The van der Waals surface area contributed by atoms with Crippen LogP contribution in [0.2, 0.25) is 0 Å². The maximum atomic E-state index is 9.47. The molecule has 0 aliphatic rings. The average molecular weight is 318 g/mol. The Morgan fingerprint density at radius 1 is 0.750 bits per heavy atom. The lowest BCUT2D eigenvalue weighted by Crippen LogP contribution is -1.95. The first-order valence-electron chi connectivity index (χ1n) is 8.29. The Hall–Kier alpha value is -2.58. The quantitative estimate of drug-likeness (QED) is 0.694. The lowest BCUT2D eigenvalue weighted by atomic mass is 9.99. The molecule has 24 heavy (non-hydrogen) atoms. The van der Waals surface area contributed by atoms with Gasteiger partial charge in [0.25, 0.3) is 0 Å². The number of rotatable bonds is 6. The summed E-state index contributed by atoms with van der Waals surface area (Å²) in [6.07, 6.45) is 0.949. The van der Waals surface area contributed by atoms with Gasteiger partial charge in [-0.1, -0.05) is 61.5 Å². The van der Waals surface area contributed by atoms with Crippen LogP contribution in [0.5, 0.6) is 5.75 Å². The number of hydrogen-bond acceptors (Lipinski definition) is 2. The van der Waals surface area contributed by atoms with Crippen LogP contribution >= 0.6 is 0 Å². The van der Waals surface area contributed by atoms with Gasteiger partial charge in [-0.15, -0.1) is 0 Å². The van der Waals surface area contributed by atoms with Gasteiger partial charge in [0.1, 0.15) is 12.4 Å². The van der Waals surface area contributed by atoms with E-state index >= 15 is 0 Å². The van der Waals surface area contributed by atoms with Crippen molar-refractivity contribution in [2.24, 2.45) is 0 Å². The Labute approximate surface area is 143 Å². The van der Waals surface area contributed by atoms with Crippen LogP contribution in [0.25, 0.3) is 11.1 Å². The second kappa shape index (κ2) is 7.80. The average Bonchev–Trinajstić information content (AvgIpc) is 2.67. The maximum Gasteiger partial charge on any atom is 0.120 e. The first kappa shape index (κ1) is 16.3. The van der Waals surface area contributed by atoms with Crippen LogP contribution in [-0.2, 0) is 19.6 Å². The summed E-state index contributed by atoms with van der Waals surface area (Å²) in [5.74, 6) is 0.851. The smallest absolute Gasteiger partial charge is 0.120 e. The van der Waals surface area contributed by atoms with E-state index in [1.165, 1.54) is 5.56 Å². The minimum absolute atomic E-state index is 0.0606. The minimum atomic E-state index is 0.0606. The van der Waals surface area contributed by atoms with Crippen molar-refractivity contribution in [1.82, 2.24) is 0 Å². The van der Waals surface area contributed by atoms with Gasteiger partial charge in [0.15, 0.2) is 0 Å². The number of aryl methyl sites for hydroxylation is 1. The van der Waals surface area contributed by atoms with Crippen LogP contribution in [0.3, 0.4) is 0 Å². The molecule has 0 bridgehead atoms. The van der Waals surface area contributed by atoms with Crippen molar-refractivity contribution in [1.29, 1.82) is 0 Å². The Morgan fingerprint density at radius 3 is 2.29 bits per heavy atom. The van der Waals surface area contributed by atoms with Gasteiger partial charge in [-0.2, -0.15) is 0 Å². The van der Waals surface area contributed by atoms with Crippen molar-refractivity contribution in [3.63, 3.8) is 0 Å². The molecule has 0 aliphatic carbocycles. The van der Waals surface area contributed by atoms with E-state index in [9.17, 15) is 5.11 Å². The van der Waals surface area contributed by atoms with Gasteiger partial charge >= 0.3 is 0 Å². The van der Waals surface area contributed by atoms with Crippen molar-refractivity contribution in [3.05, 3.63) is 89.5 Å². The van der Waals surface area contributed by atoms with Crippen molar-refractivity contribution >= 4 is 0 Å². The molecule has 0 fully saturated rings. The summed E-state index contributed by atoms with van der Waals surface area (Å²) < 4.78 is 5.92. The second-order valence-electron chi connectivity index (χ2n) is 5.85. The summed E-state index contributed by atoms with van der Waals surface area (Å²) in [7, 11) is 0. The fourth-order valence-electron chi connectivity index (χ4n) is 2.73. The molecule has 0 aliphatic heterocycles. The molecule has 3 rings (SSSR count). The van der Waals surface area contributed by atoms with E-state index in [-0.39, 0.29) is 6.61 Å². The van der Waals surface area contributed by atoms with E-state index in [0.29, 0.717) is 6.61 Å². The molecule has 2 nitrogen and oxygen atoms in total. The number of aliphatic hydroxyl groups is 1. The Morgan fingerprint density at radius 2 is 1.54 bits per heavy atom. The van der Waals surface area contributed by atoms with Crippen LogP contribution in [0.1, 0.15) is 23.6 Å². The zero-order chi connectivity index (χ0) is 16.8. The molecule has 122 valence electrons. The number of benzene rings is 3. The van der Waals surface area contributed by atoms with E-state index in [4.69, 9.17) is 4.74 Å². The molecule has 2 heteroatoms. The van der Waals surface area contributed by atoms with Gasteiger partial charge in [-0.05, 0) is 52.4 Å².